The lowest BCUT2D eigenvalue weighted by molar-refractivity contribution is 0.0526. The zero-order chi connectivity index (χ0) is 18.0. The molecule has 130 valence electrons. The van der Waals surface area contributed by atoms with E-state index in [2.05, 4.69) is 4.98 Å². The van der Waals surface area contributed by atoms with E-state index >= 15 is 0 Å². The van der Waals surface area contributed by atoms with Crippen LogP contribution in [-0.4, -0.2) is 36.3 Å². The zero-order valence-electron chi connectivity index (χ0n) is 14.2. The van der Waals surface area contributed by atoms with Crippen molar-refractivity contribution in [2.75, 3.05) is 20.8 Å². The Kier molecular flexibility index (Phi) is 4.67. The fraction of sp³-hybridized carbons (Fsp3) is 0.278. The number of carbonyl (C=O) groups excluding carboxylic acids is 1. The molecule has 0 saturated heterocycles. The maximum atomic E-state index is 12.8. The number of pyridine rings is 2. The first-order chi connectivity index (χ1) is 12.1. The SMILES string of the molecule is CCOC(=O)c1cc(OC)c2c3ncccc3c(=O)n(COC)c2c1. The smallest absolute Gasteiger partial charge is 0.338 e. The van der Waals surface area contributed by atoms with E-state index in [-0.39, 0.29) is 18.9 Å². The van der Waals surface area contributed by atoms with Crippen LogP contribution < -0.4 is 10.3 Å². The van der Waals surface area contributed by atoms with Gasteiger partial charge >= 0.3 is 5.97 Å². The van der Waals surface area contributed by atoms with Gasteiger partial charge in [-0.2, -0.15) is 0 Å². The average molecular weight is 342 g/mol. The maximum absolute atomic E-state index is 12.8. The first-order valence-electron chi connectivity index (χ1n) is 7.77. The highest BCUT2D eigenvalue weighted by Crippen LogP contribution is 2.32. The monoisotopic (exact) mass is 342 g/mol. The summed E-state index contributed by atoms with van der Waals surface area (Å²) in [6.07, 6.45) is 1.61. The zero-order valence-corrected chi connectivity index (χ0v) is 14.2. The number of benzene rings is 1. The fourth-order valence-corrected chi connectivity index (χ4v) is 2.83. The van der Waals surface area contributed by atoms with Gasteiger partial charge in [-0.1, -0.05) is 0 Å². The van der Waals surface area contributed by atoms with Crippen LogP contribution >= 0.6 is 0 Å². The molecule has 3 aromatic rings. The molecule has 0 unspecified atom stereocenters. The molecule has 0 radical (unpaired) electrons. The largest absolute Gasteiger partial charge is 0.496 e. The lowest BCUT2D eigenvalue weighted by atomic mass is 10.1. The van der Waals surface area contributed by atoms with E-state index in [9.17, 15) is 9.59 Å². The summed E-state index contributed by atoms with van der Waals surface area (Å²) in [5.74, 6) is -0.0469. The molecule has 0 spiro atoms. The molecule has 2 heterocycles. The van der Waals surface area contributed by atoms with E-state index in [1.54, 1.807) is 37.4 Å². The van der Waals surface area contributed by atoms with Crippen LogP contribution in [0, 0.1) is 0 Å². The van der Waals surface area contributed by atoms with Gasteiger partial charge in [-0.05, 0) is 31.2 Å². The fourth-order valence-electron chi connectivity index (χ4n) is 2.83. The molecule has 2 aromatic heterocycles. The van der Waals surface area contributed by atoms with Crippen LogP contribution in [-0.2, 0) is 16.2 Å². The van der Waals surface area contributed by atoms with E-state index in [1.165, 1.54) is 18.8 Å². The molecule has 0 amide bonds. The molecule has 0 fully saturated rings. The van der Waals surface area contributed by atoms with Gasteiger partial charge in [-0.15, -0.1) is 0 Å². The average Bonchev–Trinajstić information content (AvgIpc) is 2.64. The molecule has 25 heavy (non-hydrogen) atoms. The van der Waals surface area contributed by atoms with E-state index in [4.69, 9.17) is 14.2 Å². The number of hydrogen-bond donors (Lipinski definition) is 0. The molecular weight excluding hydrogens is 324 g/mol. The van der Waals surface area contributed by atoms with Gasteiger partial charge in [0.05, 0.1) is 41.1 Å². The second-order valence-electron chi connectivity index (χ2n) is 5.34. The maximum Gasteiger partial charge on any atom is 0.338 e. The van der Waals surface area contributed by atoms with Gasteiger partial charge in [0, 0.05) is 13.3 Å². The summed E-state index contributed by atoms with van der Waals surface area (Å²) in [7, 11) is 3.00. The van der Waals surface area contributed by atoms with Crippen LogP contribution in [0.2, 0.25) is 0 Å². The van der Waals surface area contributed by atoms with Gasteiger partial charge in [0.2, 0.25) is 0 Å². The normalized spacial score (nSPS) is 11.0. The number of hydrogen-bond acceptors (Lipinski definition) is 6. The molecule has 3 rings (SSSR count). The molecule has 0 atom stereocenters. The first kappa shape index (κ1) is 16.9. The van der Waals surface area contributed by atoms with Gasteiger partial charge in [-0.3, -0.25) is 14.3 Å². The Morgan fingerprint density at radius 3 is 2.76 bits per heavy atom. The Bertz CT molecular complexity index is 1010. The van der Waals surface area contributed by atoms with E-state index in [0.717, 1.165) is 0 Å². The van der Waals surface area contributed by atoms with Crippen molar-refractivity contribution in [2.24, 2.45) is 0 Å². The number of methoxy groups -OCH3 is 2. The molecule has 0 aliphatic heterocycles. The minimum absolute atomic E-state index is 0.0373. The van der Waals surface area contributed by atoms with Crippen molar-refractivity contribution in [3.63, 3.8) is 0 Å². The van der Waals surface area contributed by atoms with Crippen molar-refractivity contribution in [1.82, 2.24) is 9.55 Å². The second-order valence-corrected chi connectivity index (χ2v) is 5.34. The summed E-state index contributed by atoms with van der Waals surface area (Å²) in [4.78, 5) is 29.3. The van der Waals surface area contributed by atoms with Crippen molar-refractivity contribution in [3.05, 3.63) is 46.4 Å². The van der Waals surface area contributed by atoms with Crippen molar-refractivity contribution in [2.45, 2.75) is 13.7 Å². The number of carbonyl (C=O) groups is 1. The summed E-state index contributed by atoms with van der Waals surface area (Å²) in [6, 6.07) is 6.60. The highest BCUT2D eigenvalue weighted by molar-refractivity contribution is 6.09. The standard InChI is InChI=1S/C18H18N2O5/c1-4-25-18(22)11-8-13-15(14(9-11)24-3)16-12(6-5-7-19-16)17(21)20(13)10-23-2/h5-9H,4,10H2,1-3H3. The molecule has 7 nitrogen and oxygen atoms in total. The Balaban J connectivity index is 2.48. The van der Waals surface area contributed by atoms with Gasteiger partial charge in [0.1, 0.15) is 12.5 Å². The summed E-state index contributed by atoms with van der Waals surface area (Å²) in [5.41, 5.74) is 1.06. The molecule has 7 heteroatoms. The molecule has 0 bridgehead atoms. The van der Waals surface area contributed by atoms with Crippen LogP contribution in [0.25, 0.3) is 21.8 Å². The summed E-state index contributed by atoms with van der Waals surface area (Å²) < 4.78 is 17.2. The number of aromatic nitrogens is 2. The molecule has 1 aromatic carbocycles. The number of esters is 1. The Labute approximate surface area is 143 Å². The predicted molar refractivity (Wildman–Crippen MR) is 93.0 cm³/mol. The topological polar surface area (TPSA) is 79.7 Å². The van der Waals surface area contributed by atoms with Crippen LogP contribution in [0.3, 0.4) is 0 Å². The van der Waals surface area contributed by atoms with E-state index in [0.29, 0.717) is 33.1 Å². The van der Waals surface area contributed by atoms with E-state index in [1.807, 2.05) is 0 Å². The van der Waals surface area contributed by atoms with Crippen LogP contribution in [0.5, 0.6) is 5.75 Å². The van der Waals surface area contributed by atoms with Gasteiger partial charge in [0.25, 0.3) is 5.56 Å². The molecular formula is C18H18N2O5. The highest BCUT2D eigenvalue weighted by Gasteiger charge is 2.19. The molecule has 0 aliphatic carbocycles. The van der Waals surface area contributed by atoms with Gasteiger partial charge < -0.3 is 14.2 Å². The second kappa shape index (κ2) is 6.90. The third kappa shape index (κ3) is 2.83. The lowest BCUT2D eigenvalue weighted by Crippen LogP contribution is -2.22. The van der Waals surface area contributed by atoms with Crippen LogP contribution in [0.15, 0.2) is 35.3 Å². The Morgan fingerprint density at radius 1 is 1.28 bits per heavy atom. The Morgan fingerprint density at radius 2 is 2.08 bits per heavy atom. The lowest BCUT2D eigenvalue weighted by Gasteiger charge is -2.15. The number of fused-ring (bicyclic) bond motifs is 3. The summed E-state index contributed by atoms with van der Waals surface area (Å²) in [5, 5.41) is 1.09. The van der Waals surface area contributed by atoms with Crippen molar-refractivity contribution in [1.29, 1.82) is 0 Å². The number of ether oxygens (including phenoxy) is 3. The molecule has 0 saturated carbocycles. The minimum Gasteiger partial charge on any atom is -0.496 e. The van der Waals surface area contributed by atoms with E-state index < -0.39 is 5.97 Å². The van der Waals surface area contributed by atoms with Crippen LogP contribution in [0.4, 0.5) is 0 Å². The van der Waals surface area contributed by atoms with Gasteiger partial charge in [0.15, 0.2) is 0 Å². The molecule has 0 N–H and O–H groups in total. The van der Waals surface area contributed by atoms with Crippen molar-refractivity contribution < 1.29 is 19.0 Å². The van der Waals surface area contributed by atoms with Crippen molar-refractivity contribution in [3.8, 4) is 5.75 Å². The first-order valence-corrected chi connectivity index (χ1v) is 7.77. The summed E-state index contributed by atoms with van der Waals surface area (Å²) in [6.45, 7) is 2.02. The minimum atomic E-state index is -0.486. The molecule has 0 aliphatic rings. The third-order valence-electron chi connectivity index (χ3n) is 3.88. The predicted octanol–water partition coefficient (Wildman–Crippen LogP) is 2.34. The summed E-state index contributed by atoms with van der Waals surface area (Å²) >= 11 is 0. The third-order valence-corrected chi connectivity index (χ3v) is 3.88. The van der Waals surface area contributed by atoms with Crippen LogP contribution in [0.1, 0.15) is 17.3 Å². The highest BCUT2D eigenvalue weighted by atomic mass is 16.5. The van der Waals surface area contributed by atoms with Gasteiger partial charge in [-0.25, -0.2) is 4.79 Å². The van der Waals surface area contributed by atoms with Crippen molar-refractivity contribution >= 4 is 27.8 Å². The quantitative estimate of drug-likeness (QED) is 0.523. The Hall–Kier alpha value is -2.93. The number of nitrogens with zero attached hydrogens (tertiary/aromatic N) is 2. The number of rotatable bonds is 5.